The Labute approximate surface area is 184 Å². The van der Waals surface area contributed by atoms with Crippen LogP contribution in [0.5, 0.6) is 5.75 Å². The summed E-state index contributed by atoms with van der Waals surface area (Å²) >= 11 is 0. The van der Waals surface area contributed by atoms with Crippen LogP contribution in [0, 0.1) is 11.7 Å². The van der Waals surface area contributed by atoms with Crippen molar-refractivity contribution in [3.63, 3.8) is 0 Å². The fourth-order valence-corrected chi connectivity index (χ4v) is 3.73. The molecule has 0 radical (unpaired) electrons. The molecule has 0 heterocycles. The molecule has 0 aliphatic rings. The summed E-state index contributed by atoms with van der Waals surface area (Å²) in [6.07, 6.45) is 0.734. The third kappa shape index (κ3) is 6.02. The molecule has 0 saturated carbocycles. The van der Waals surface area contributed by atoms with Crippen molar-refractivity contribution in [1.82, 2.24) is 5.32 Å². The molecule has 0 bridgehead atoms. The van der Waals surface area contributed by atoms with Gasteiger partial charge in [-0.15, -0.1) is 0 Å². The Morgan fingerprint density at radius 3 is 2.29 bits per heavy atom. The molecule has 1 atom stereocenters. The summed E-state index contributed by atoms with van der Waals surface area (Å²) in [5, 5.41) is 3.04. The Morgan fingerprint density at radius 2 is 1.65 bits per heavy atom. The van der Waals surface area contributed by atoms with Crippen LogP contribution in [0.1, 0.15) is 42.1 Å². The number of halogens is 1. The topological polar surface area (TPSA) is 38.3 Å². The summed E-state index contributed by atoms with van der Waals surface area (Å²) in [5.41, 5.74) is 3.52. The van der Waals surface area contributed by atoms with Gasteiger partial charge >= 0.3 is 0 Å². The van der Waals surface area contributed by atoms with E-state index in [1.54, 1.807) is 12.1 Å². The predicted octanol–water partition coefficient (Wildman–Crippen LogP) is 6.10. The van der Waals surface area contributed by atoms with Crippen LogP contribution in [-0.4, -0.2) is 26.0 Å². The number of hydrogen-bond donors (Lipinski definition) is 1. The Balaban J connectivity index is 1.92. The summed E-state index contributed by atoms with van der Waals surface area (Å²) in [4.78, 5) is 13.6. The SMILES string of the molecule is CNCCOc1ccc(C(=O)C(CC(C)C)c2ccccc2-c2ccc(F)cc2)cc1. The number of likely N-dealkylation sites (N-methyl/N-ethyl adjacent to an activating group) is 1. The monoisotopic (exact) mass is 419 g/mol. The molecule has 0 saturated heterocycles. The number of nitrogens with one attached hydrogen (secondary N) is 1. The van der Waals surface area contributed by atoms with Gasteiger partial charge in [-0.3, -0.25) is 4.79 Å². The second-order valence-electron chi connectivity index (χ2n) is 8.12. The van der Waals surface area contributed by atoms with Crippen molar-refractivity contribution >= 4 is 5.78 Å². The molecule has 0 amide bonds. The summed E-state index contributed by atoms with van der Waals surface area (Å²) in [7, 11) is 1.88. The van der Waals surface area contributed by atoms with E-state index in [4.69, 9.17) is 4.74 Å². The third-order valence-corrected chi connectivity index (χ3v) is 5.27. The quantitative estimate of drug-likeness (QED) is 0.319. The molecule has 3 nitrogen and oxygen atoms in total. The maximum absolute atomic E-state index is 13.6. The number of Topliss-reactive ketones (excluding diaryl/α,β-unsaturated/α-hetero) is 1. The number of hydrogen-bond acceptors (Lipinski definition) is 3. The molecule has 0 fully saturated rings. The molecule has 3 rings (SSSR count). The van der Waals surface area contributed by atoms with E-state index in [0.29, 0.717) is 18.1 Å². The zero-order valence-corrected chi connectivity index (χ0v) is 18.4. The van der Waals surface area contributed by atoms with Crippen LogP contribution in [0.15, 0.2) is 72.8 Å². The van der Waals surface area contributed by atoms with Crippen LogP contribution < -0.4 is 10.1 Å². The van der Waals surface area contributed by atoms with Gasteiger partial charge in [-0.05, 0) is 72.5 Å². The summed E-state index contributed by atoms with van der Waals surface area (Å²) in [5.74, 6) is 0.633. The fraction of sp³-hybridized carbons (Fsp3) is 0.296. The van der Waals surface area contributed by atoms with Gasteiger partial charge in [0.25, 0.3) is 0 Å². The first-order valence-electron chi connectivity index (χ1n) is 10.8. The van der Waals surface area contributed by atoms with E-state index in [9.17, 15) is 9.18 Å². The van der Waals surface area contributed by atoms with Crippen LogP contribution in [-0.2, 0) is 0 Å². The summed E-state index contributed by atoms with van der Waals surface area (Å²) in [6.45, 7) is 5.58. The highest BCUT2D eigenvalue weighted by atomic mass is 19.1. The first-order chi connectivity index (χ1) is 15.0. The van der Waals surface area contributed by atoms with E-state index in [0.717, 1.165) is 35.4 Å². The van der Waals surface area contributed by atoms with Gasteiger partial charge in [-0.1, -0.05) is 50.2 Å². The lowest BCUT2D eigenvalue weighted by Crippen LogP contribution is -2.17. The minimum absolute atomic E-state index is 0.0880. The molecular formula is C27H30FNO2. The van der Waals surface area contributed by atoms with Crippen molar-refractivity contribution in [1.29, 1.82) is 0 Å². The molecule has 3 aromatic rings. The molecular weight excluding hydrogens is 389 g/mol. The number of rotatable bonds is 10. The van der Waals surface area contributed by atoms with Crippen molar-refractivity contribution in [3.8, 4) is 16.9 Å². The van der Waals surface area contributed by atoms with Crippen LogP contribution in [0.2, 0.25) is 0 Å². The number of carbonyl (C=O) groups is 1. The van der Waals surface area contributed by atoms with Crippen molar-refractivity contribution < 1.29 is 13.9 Å². The molecule has 0 aliphatic heterocycles. The van der Waals surface area contributed by atoms with Crippen LogP contribution in [0.4, 0.5) is 4.39 Å². The van der Waals surface area contributed by atoms with Gasteiger partial charge in [-0.25, -0.2) is 4.39 Å². The second-order valence-corrected chi connectivity index (χ2v) is 8.12. The molecule has 1 N–H and O–H groups in total. The number of ether oxygens (including phenoxy) is 1. The Kier molecular flexibility index (Phi) is 7.96. The maximum Gasteiger partial charge on any atom is 0.170 e. The first kappa shape index (κ1) is 22.7. The molecule has 0 spiro atoms. The van der Waals surface area contributed by atoms with Crippen molar-refractivity contribution in [3.05, 3.63) is 89.7 Å². The van der Waals surface area contributed by atoms with Gasteiger partial charge in [0.05, 0.1) is 0 Å². The number of carbonyl (C=O) groups excluding carboxylic acids is 1. The van der Waals surface area contributed by atoms with Crippen molar-refractivity contribution in [2.24, 2.45) is 5.92 Å². The van der Waals surface area contributed by atoms with Gasteiger partial charge in [0.15, 0.2) is 5.78 Å². The lowest BCUT2D eigenvalue weighted by molar-refractivity contribution is 0.0949. The Hall–Kier alpha value is -2.98. The zero-order valence-electron chi connectivity index (χ0n) is 18.4. The van der Waals surface area contributed by atoms with E-state index < -0.39 is 0 Å². The van der Waals surface area contributed by atoms with E-state index >= 15 is 0 Å². The van der Waals surface area contributed by atoms with Crippen molar-refractivity contribution in [2.45, 2.75) is 26.2 Å². The molecule has 1 unspecified atom stereocenters. The van der Waals surface area contributed by atoms with Crippen molar-refractivity contribution in [2.75, 3.05) is 20.2 Å². The van der Waals surface area contributed by atoms with Crippen LogP contribution in [0.25, 0.3) is 11.1 Å². The Bertz CT molecular complexity index is 981. The van der Waals surface area contributed by atoms with E-state index in [-0.39, 0.29) is 17.5 Å². The molecule has 4 heteroatoms. The second kappa shape index (κ2) is 10.9. The minimum Gasteiger partial charge on any atom is -0.492 e. The highest BCUT2D eigenvalue weighted by molar-refractivity contribution is 6.02. The molecule has 3 aromatic carbocycles. The average Bonchev–Trinajstić information content (AvgIpc) is 2.78. The highest BCUT2D eigenvalue weighted by Crippen LogP contribution is 2.35. The molecule has 0 aliphatic carbocycles. The average molecular weight is 420 g/mol. The Morgan fingerprint density at radius 1 is 0.968 bits per heavy atom. The number of ketones is 1. The minimum atomic E-state index is -0.280. The van der Waals surface area contributed by atoms with Gasteiger partial charge in [0, 0.05) is 18.0 Å². The lowest BCUT2D eigenvalue weighted by atomic mass is 9.81. The molecule has 31 heavy (non-hydrogen) atoms. The smallest absolute Gasteiger partial charge is 0.170 e. The lowest BCUT2D eigenvalue weighted by Gasteiger charge is -2.22. The molecule has 162 valence electrons. The zero-order chi connectivity index (χ0) is 22.2. The normalized spacial score (nSPS) is 12.0. The van der Waals surface area contributed by atoms with E-state index in [1.807, 2.05) is 55.6 Å². The molecule has 0 aromatic heterocycles. The van der Waals surface area contributed by atoms with Gasteiger partial charge < -0.3 is 10.1 Å². The van der Waals surface area contributed by atoms with Gasteiger partial charge in [0.1, 0.15) is 18.2 Å². The van der Waals surface area contributed by atoms with Gasteiger partial charge in [0.2, 0.25) is 0 Å². The predicted molar refractivity (Wildman–Crippen MR) is 124 cm³/mol. The largest absolute Gasteiger partial charge is 0.492 e. The van der Waals surface area contributed by atoms with E-state index in [1.165, 1.54) is 12.1 Å². The van der Waals surface area contributed by atoms with Crippen LogP contribution >= 0.6 is 0 Å². The van der Waals surface area contributed by atoms with Gasteiger partial charge in [-0.2, -0.15) is 0 Å². The fourth-order valence-electron chi connectivity index (χ4n) is 3.73. The first-order valence-corrected chi connectivity index (χ1v) is 10.8. The summed E-state index contributed by atoms with van der Waals surface area (Å²) in [6, 6.07) is 21.7. The number of benzene rings is 3. The van der Waals surface area contributed by atoms with E-state index in [2.05, 4.69) is 19.2 Å². The third-order valence-electron chi connectivity index (χ3n) is 5.27. The summed E-state index contributed by atoms with van der Waals surface area (Å²) < 4.78 is 19.1. The maximum atomic E-state index is 13.6. The van der Waals surface area contributed by atoms with Crippen LogP contribution in [0.3, 0.4) is 0 Å². The highest BCUT2D eigenvalue weighted by Gasteiger charge is 2.25. The standard InChI is InChI=1S/C27H30FNO2/c1-19(2)18-26(27(30)21-10-14-23(15-11-21)31-17-16-29-3)25-7-5-4-6-24(25)20-8-12-22(28)13-9-20/h4-15,19,26,29H,16-18H2,1-3H3.